The van der Waals surface area contributed by atoms with E-state index in [9.17, 15) is 9.59 Å². The van der Waals surface area contributed by atoms with E-state index in [-0.39, 0.29) is 0 Å². The number of methoxy groups -OCH3 is 1. The molecular weight excluding hydrogens is 298 g/mol. The summed E-state index contributed by atoms with van der Waals surface area (Å²) in [6.45, 7) is 0.676. The van der Waals surface area contributed by atoms with E-state index in [0.29, 0.717) is 30.3 Å². The molecule has 1 aromatic carbocycles. The van der Waals surface area contributed by atoms with Crippen LogP contribution in [0.3, 0.4) is 0 Å². The Morgan fingerprint density at radius 2 is 2.17 bits per heavy atom. The first-order valence-corrected chi connectivity index (χ1v) is 7.87. The van der Waals surface area contributed by atoms with Gasteiger partial charge in [0.05, 0.1) is 19.6 Å². The van der Waals surface area contributed by atoms with Crippen LogP contribution in [0.2, 0.25) is 0 Å². The quantitative estimate of drug-likeness (QED) is 0.474. The second-order valence-electron chi connectivity index (χ2n) is 6.33. The Balaban J connectivity index is 1.80. The molecule has 6 heteroatoms. The standard InChI is InChI=1S/C17H21NO5/c1-22-16(20)17(9-14(17)15(19)18-21)12-6-3-7-13(8-12)23-10-11-4-2-5-11/h3,6-8,11,14,21H,2,4-5,9-10H2,1H3,(H,18,19)/t14-,17?/m0/s1. The second-order valence-corrected chi connectivity index (χ2v) is 6.33. The predicted octanol–water partition coefficient (Wildman–Crippen LogP) is 1.80. The summed E-state index contributed by atoms with van der Waals surface area (Å²) in [6.07, 6.45) is 3.98. The van der Waals surface area contributed by atoms with E-state index < -0.39 is 23.2 Å². The van der Waals surface area contributed by atoms with Crippen LogP contribution in [0.25, 0.3) is 0 Å². The first-order chi connectivity index (χ1) is 11.1. The fraction of sp³-hybridized carbons (Fsp3) is 0.529. The van der Waals surface area contributed by atoms with Crippen LogP contribution in [-0.2, 0) is 19.7 Å². The van der Waals surface area contributed by atoms with Gasteiger partial charge >= 0.3 is 5.97 Å². The van der Waals surface area contributed by atoms with Gasteiger partial charge in [-0.15, -0.1) is 0 Å². The Labute approximate surface area is 134 Å². The van der Waals surface area contributed by atoms with Gasteiger partial charge in [-0.3, -0.25) is 14.8 Å². The maximum absolute atomic E-state index is 12.2. The molecule has 0 aromatic heterocycles. The molecule has 2 saturated carbocycles. The molecule has 0 spiro atoms. The van der Waals surface area contributed by atoms with Crippen molar-refractivity contribution in [1.29, 1.82) is 0 Å². The van der Waals surface area contributed by atoms with Crippen LogP contribution in [0, 0.1) is 11.8 Å². The molecule has 0 aliphatic heterocycles. The molecule has 3 rings (SSSR count). The number of nitrogens with one attached hydrogen (secondary N) is 1. The van der Waals surface area contributed by atoms with Gasteiger partial charge in [-0.1, -0.05) is 18.6 Å². The number of benzene rings is 1. The molecule has 2 aliphatic rings. The van der Waals surface area contributed by atoms with E-state index in [4.69, 9.17) is 14.7 Å². The molecule has 2 N–H and O–H groups in total. The van der Waals surface area contributed by atoms with Crippen LogP contribution in [0.1, 0.15) is 31.2 Å². The van der Waals surface area contributed by atoms with Gasteiger partial charge in [0.25, 0.3) is 0 Å². The number of hydrogen-bond donors (Lipinski definition) is 2. The Morgan fingerprint density at radius 1 is 1.39 bits per heavy atom. The molecule has 0 saturated heterocycles. The number of ether oxygens (including phenoxy) is 2. The van der Waals surface area contributed by atoms with Crippen LogP contribution in [-0.4, -0.2) is 30.8 Å². The summed E-state index contributed by atoms with van der Waals surface area (Å²) in [5, 5.41) is 8.84. The lowest BCUT2D eigenvalue weighted by atomic mass is 9.86. The van der Waals surface area contributed by atoms with Crippen molar-refractivity contribution in [3.05, 3.63) is 29.8 Å². The number of carbonyl (C=O) groups excluding carboxylic acids is 2. The van der Waals surface area contributed by atoms with Crippen molar-refractivity contribution in [1.82, 2.24) is 5.48 Å². The van der Waals surface area contributed by atoms with E-state index in [2.05, 4.69) is 0 Å². The number of esters is 1. The van der Waals surface area contributed by atoms with Gasteiger partial charge < -0.3 is 9.47 Å². The number of carbonyl (C=O) groups is 2. The van der Waals surface area contributed by atoms with Crippen LogP contribution in [0.5, 0.6) is 5.75 Å². The minimum absolute atomic E-state index is 0.318. The van der Waals surface area contributed by atoms with Crippen molar-refractivity contribution in [2.24, 2.45) is 11.8 Å². The third-order valence-corrected chi connectivity index (χ3v) is 5.00. The van der Waals surface area contributed by atoms with E-state index in [1.807, 2.05) is 12.1 Å². The van der Waals surface area contributed by atoms with Crippen LogP contribution in [0.4, 0.5) is 0 Å². The molecule has 124 valence electrons. The van der Waals surface area contributed by atoms with Crippen molar-refractivity contribution in [2.75, 3.05) is 13.7 Å². The molecule has 23 heavy (non-hydrogen) atoms. The van der Waals surface area contributed by atoms with Gasteiger partial charge in [-0.25, -0.2) is 5.48 Å². The van der Waals surface area contributed by atoms with Crippen molar-refractivity contribution in [2.45, 2.75) is 31.1 Å². The van der Waals surface area contributed by atoms with Crippen molar-refractivity contribution >= 4 is 11.9 Å². The zero-order chi connectivity index (χ0) is 16.4. The topological polar surface area (TPSA) is 84.9 Å². The molecule has 1 unspecified atom stereocenters. The lowest BCUT2D eigenvalue weighted by Crippen LogP contribution is -2.31. The van der Waals surface area contributed by atoms with Crippen molar-refractivity contribution in [3.8, 4) is 5.75 Å². The highest BCUT2D eigenvalue weighted by Crippen LogP contribution is 2.55. The molecule has 0 bridgehead atoms. The normalized spacial score (nSPS) is 26.1. The number of hydroxylamine groups is 1. The molecular formula is C17H21NO5. The highest BCUT2D eigenvalue weighted by atomic mass is 16.5. The Kier molecular flexibility index (Phi) is 4.26. The average Bonchev–Trinajstić information content (AvgIpc) is 3.29. The first kappa shape index (κ1) is 15.8. The van der Waals surface area contributed by atoms with Gasteiger partial charge in [0, 0.05) is 0 Å². The van der Waals surface area contributed by atoms with Gasteiger partial charge in [-0.05, 0) is 42.9 Å². The van der Waals surface area contributed by atoms with Gasteiger partial charge in [0.1, 0.15) is 11.2 Å². The predicted molar refractivity (Wildman–Crippen MR) is 81.0 cm³/mol. The van der Waals surface area contributed by atoms with Crippen molar-refractivity contribution in [3.63, 3.8) is 0 Å². The smallest absolute Gasteiger partial charge is 0.317 e. The third kappa shape index (κ3) is 2.79. The SMILES string of the molecule is COC(=O)C1(c2cccc(OCC3CCC3)c2)C[C@H]1C(=O)NO. The summed E-state index contributed by atoms with van der Waals surface area (Å²) in [4.78, 5) is 24.0. The van der Waals surface area contributed by atoms with E-state index in [1.54, 1.807) is 17.6 Å². The monoisotopic (exact) mass is 319 g/mol. The summed E-state index contributed by atoms with van der Waals surface area (Å²) < 4.78 is 10.7. The lowest BCUT2D eigenvalue weighted by Gasteiger charge is -2.25. The third-order valence-electron chi connectivity index (χ3n) is 5.00. The molecule has 1 amide bonds. The molecule has 2 aliphatic carbocycles. The highest BCUT2D eigenvalue weighted by Gasteiger charge is 2.65. The van der Waals surface area contributed by atoms with Gasteiger partial charge in [0.15, 0.2) is 0 Å². The van der Waals surface area contributed by atoms with Crippen LogP contribution < -0.4 is 10.2 Å². The first-order valence-electron chi connectivity index (χ1n) is 7.87. The molecule has 2 atom stereocenters. The molecule has 2 fully saturated rings. The van der Waals surface area contributed by atoms with E-state index in [1.165, 1.54) is 26.4 Å². The maximum Gasteiger partial charge on any atom is 0.317 e. The van der Waals surface area contributed by atoms with E-state index in [0.717, 1.165) is 0 Å². The molecule has 0 radical (unpaired) electrons. The summed E-state index contributed by atoms with van der Waals surface area (Å²) in [6, 6.07) is 7.23. The van der Waals surface area contributed by atoms with E-state index >= 15 is 0 Å². The van der Waals surface area contributed by atoms with Gasteiger partial charge in [-0.2, -0.15) is 0 Å². The zero-order valence-corrected chi connectivity index (χ0v) is 13.1. The Hall–Kier alpha value is -2.08. The summed E-state index contributed by atoms with van der Waals surface area (Å²) >= 11 is 0. The van der Waals surface area contributed by atoms with Crippen molar-refractivity contribution < 1.29 is 24.3 Å². The molecule has 1 aromatic rings. The maximum atomic E-state index is 12.2. The zero-order valence-electron chi connectivity index (χ0n) is 13.1. The summed E-state index contributed by atoms with van der Waals surface area (Å²) in [5.74, 6) is -0.366. The summed E-state index contributed by atoms with van der Waals surface area (Å²) in [7, 11) is 1.30. The van der Waals surface area contributed by atoms with Crippen LogP contribution >= 0.6 is 0 Å². The lowest BCUT2D eigenvalue weighted by molar-refractivity contribution is -0.146. The van der Waals surface area contributed by atoms with Crippen LogP contribution in [0.15, 0.2) is 24.3 Å². The Bertz CT molecular complexity index is 613. The minimum Gasteiger partial charge on any atom is -0.493 e. The fourth-order valence-corrected chi connectivity index (χ4v) is 3.24. The number of rotatable bonds is 6. The molecule has 0 heterocycles. The minimum atomic E-state index is -1.03. The molecule has 6 nitrogen and oxygen atoms in total. The second kappa shape index (κ2) is 6.20. The number of amides is 1. The number of hydrogen-bond acceptors (Lipinski definition) is 5. The summed E-state index contributed by atoms with van der Waals surface area (Å²) in [5.41, 5.74) is 1.28. The average molecular weight is 319 g/mol. The Morgan fingerprint density at radius 3 is 2.78 bits per heavy atom. The highest BCUT2D eigenvalue weighted by molar-refractivity contribution is 5.97. The largest absolute Gasteiger partial charge is 0.493 e. The fourth-order valence-electron chi connectivity index (χ4n) is 3.24. The van der Waals surface area contributed by atoms with Gasteiger partial charge in [0.2, 0.25) is 5.91 Å².